The number of nitrogens with one attached hydrogen (secondary N) is 1. The molecule has 1 amide bonds. The first-order valence-electron chi connectivity index (χ1n) is 8.30. The van der Waals surface area contributed by atoms with E-state index in [0.717, 1.165) is 30.8 Å². The van der Waals surface area contributed by atoms with E-state index in [0.29, 0.717) is 5.92 Å². The molecule has 0 atom stereocenters. The standard InChI is InChI=1S/C18H28N2O/c1-3-13-19-17-12-8-7-11-16(17)18(21)20(2)14-15-9-5-4-6-10-15/h7-8,11-12,15,19H,3-6,9-10,13-14H2,1-2H3. The molecule has 2 rings (SSSR count). The Morgan fingerprint density at radius 1 is 1.24 bits per heavy atom. The molecule has 21 heavy (non-hydrogen) atoms. The quantitative estimate of drug-likeness (QED) is 0.852. The second kappa shape index (κ2) is 8.06. The third-order valence-electron chi connectivity index (χ3n) is 4.33. The molecule has 1 N–H and O–H groups in total. The highest BCUT2D eigenvalue weighted by molar-refractivity contribution is 5.99. The van der Waals surface area contributed by atoms with E-state index in [-0.39, 0.29) is 5.91 Å². The van der Waals surface area contributed by atoms with E-state index in [9.17, 15) is 4.79 Å². The Morgan fingerprint density at radius 2 is 1.95 bits per heavy atom. The van der Waals surface area contributed by atoms with Crippen molar-refractivity contribution in [1.82, 2.24) is 4.90 Å². The van der Waals surface area contributed by atoms with Gasteiger partial charge in [0.15, 0.2) is 0 Å². The van der Waals surface area contributed by atoms with Gasteiger partial charge in [0.2, 0.25) is 0 Å². The van der Waals surface area contributed by atoms with Gasteiger partial charge in [-0.15, -0.1) is 0 Å². The zero-order chi connectivity index (χ0) is 15.1. The molecule has 1 aliphatic rings. The molecule has 1 aromatic rings. The molecule has 1 aliphatic carbocycles. The second-order valence-electron chi connectivity index (χ2n) is 6.16. The first kappa shape index (κ1) is 15.9. The number of amides is 1. The maximum atomic E-state index is 12.7. The minimum atomic E-state index is 0.139. The molecule has 0 radical (unpaired) electrons. The van der Waals surface area contributed by atoms with Gasteiger partial charge in [-0.3, -0.25) is 4.79 Å². The van der Waals surface area contributed by atoms with Gasteiger partial charge in [0, 0.05) is 25.8 Å². The Balaban J connectivity index is 2.00. The number of nitrogens with zero attached hydrogens (tertiary/aromatic N) is 1. The number of benzene rings is 1. The summed E-state index contributed by atoms with van der Waals surface area (Å²) in [5.41, 5.74) is 1.75. The third-order valence-corrected chi connectivity index (χ3v) is 4.33. The number of carbonyl (C=O) groups is 1. The van der Waals surface area contributed by atoms with Crippen molar-refractivity contribution in [1.29, 1.82) is 0 Å². The van der Waals surface area contributed by atoms with Crippen LogP contribution < -0.4 is 5.32 Å². The van der Waals surface area contributed by atoms with Crippen LogP contribution in [-0.4, -0.2) is 30.9 Å². The molecule has 3 heteroatoms. The lowest BCUT2D eigenvalue weighted by Gasteiger charge is -2.27. The minimum Gasteiger partial charge on any atom is -0.384 e. The fraction of sp³-hybridized carbons (Fsp3) is 0.611. The molecular weight excluding hydrogens is 260 g/mol. The van der Waals surface area contributed by atoms with Crippen LogP contribution in [0.2, 0.25) is 0 Å². The van der Waals surface area contributed by atoms with Crippen molar-refractivity contribution in [2.45, 2.75) is 45.4 Å². The van der Waals surface area contributed by atoms with Gasteiger partial charge in [0.05, 0.1) is 5.56 Å². The molecule has 1 aromatic carbocycles. The topological polar surface area (TPSA) is 32.3 Å². The molecule has 0 spiro atoms. The molecule has 0 bridgehead atoms. The van der Waals surface area contributed by atoms with E-state index in [2.05, 4.69) is 12.2 Å². The van der Waals surface area contributed by atoms with Gasteiger partial charge in [0.1, 0.15) is 0 Å². The van der Waals surface area contributed by atoms with E-state index in [1.54, 1.807) is 0 Å². The van der Waals surface area contributed by atoms with Crippen LogP contribution in [0.1, 0.15) is 55.8 Å². The summed E-state index contributed by atoms with van der Waals surface area (Å²) in [6, 6.07) is 7.85. The molecule has 3 nitrogen and oxygen atoms in total. The van der Waals surface area contributed by atoms with Crippen molar-refractivity contribution in [3.05, 3.63) is 29.8 Å². The monoisotopic (exact) mass is 288 g/mol. The zero-order valence-electron chi connectivity index (χ0n) is 13.4. The number of rotatable bonds is 6. The summed E-state index contributed by atoms with van der Waals surface area (Å²) in [4.78, 5) is 14.6. The predicted molar refractivity (Wildman–Crippen MR) is 88.8 cm³/mol. The molecule has 0 aliphatic heterocycles. The van der Waals surface area contributed by atoms with Crippen LogP contribution in [0.25, 0.3) is 0 Å². The highest BCUT2D eigenvalue weighted by Gasteiger charge is 2.20. The Morgan fingerprint density at radius 3 is 2.67 bits per heavy atom. The predicted octanol–water partition coefficient (Wildman–Crippen LogP) is 4.16. The normalized spacial score (nSPS) is 15.7. The Hall–Kier alpha value is -1.51. The lowest BCUT2D eigenvalue weighted by molar-refractivity contribution is 0.0761. The number of carbonyl (C=O) groups excluding carboxylic acids is 1. The number of para-hydroxylation sites is 1. The van der Waals surface area contributed by atoms with Gasteiger partial charge in [-0.2, -0.15) is 0 Å². The smallest absolute Gasteiger partial charge is 0.255 e. The molecule has 0 aromatic heterocycles. The summed E-state index contributed by atoms with van der Waals surface area (Å²) >= 11 is 0. The third kappa shape index (κ3) is 4.48. The van der Waals surface area contributed by atoms with Crippen molar-refractivity contribution in [3.8, 4) is 0 Å². The van der Waals surface area contributed by atoms with Crippen molar-refractivity contribution in [3.63, 3.8) is 0 Å². The van der Waals surface area contributed by atoms with Crippen LogP contribution in [0.4, 0.5) is 5.69 Å². The van der Waals surface area contributed by atoms with E-state index < -0.39 is 0 Å². The van der Waals surface area contributed by atoms with Crippen LogP contribution >= 0.6 is 0 Å². The summed E-state index contributed by atoms with van der Waals surface area (Å²) in [5, 5.41) is 3.35. The van der Waals surface area contributed by atoms with Crippen molar-refractivity contribution in [2.24, 2.45) is 5.92 Å². The van der Waals surface area contributed by atoms with Gasteiger partial charge in [-0.1, -0.05) is 38.3 Å². The van der Waals surface area contributed by atoms with Crippen LogP contribution in [-0.2, 0) is 0 Å². The van der Waals surface area contributed by atoms with Crippen LogP contribution in [0.3, 0.4) is 0 Å². The van der Waals surface area contributed by atoms with Crippen LogP contribution in [0.15, 0.2) is 24.3 Å². The SMILES string of the molecule is CCCNc1ccccc1C(=O)N(C)CC1CCCCC1. The minimum absolute atomic E-state index is 0.139. The zero-order valence-corrected chi connectivity index (χ0v) is 13.4. The Bertz CT molecular complexity index is 452. The number of hydrogen-bond donors (Lipinski definition) is 1. The maximum Gasteiger partial charge on any atom is 0.255 e. The van der Waals surface area contributed by atoms with E-state index in [1.165, 1.54) is 32.1 Å². The number of anilines is 1. The average molecular weight is 288 g/mol. The molecular formula is C18H28N2O. The largest absolute Gasteiger partial charge is 0.384 e. The van der Waals surface area contributed by atoms with E-state index >= 15 is 0 Å². The van der Waals surface area contributed by atoms with E-state index in [4.69, 9.17) is 0 Å². The van der Waals surface area contributed by atoms with Crippen LogP contribution in [0, 0.1) is 5.92 Å². The van der Waals surface area contributed by atoms with Gasteiger partial charge < -0.3 is 10.2 Å². The summed E-state index contributed by atoms with van der Waals surface area (Å²) in [5.74, 6) is 0.822. The summed E-state index contributed by atoms with van der Waals surface area (Å²) < 4.78 is 0. The number of hydrogen-bond acceptors (Lipinski definition) is 2. The molecule has 0 heterocycles. The van der Waals surface area contributed by atoms with Gasteiger partial charge in [-0.05, 0) is 37.3 Å². The molecule has 116 valence electrons. The van der Waals surface area contributed by atoms with E-state index in [1.807, 2.05) is 36.2 Å². The molecule has 0 saturated heterocycles. The molecule has 1 fully saturated rings. The lowest BCUT2D eigenvalue weighted by atomic mass is 9.89. The first-order valence-corrected chi connectivity index (χ1v) is 8.30. The molecule has 0 unspecified atom stereocenters. The summed E-state index contributed by atoms with van der Waals surface area (Å²) in [6.07, 6.45) is 7.60. The summed E-state index contributed by atoms with van der Waals surface area (Å²) in [7, 11) is 1.94. The maximum absolute atomic E-state index is 12.7. The van der Waals surface area contributed by atoms with Gasteiger partial charge >= 0.3 is 0 Å². The Kier molecular flexibility index (Phi) is 6.09. The van der Waals surface area contributed by atoms with Crippen LogP contribution in [0.5, 0.6) is 0 Å². The fourth-order valence-electron chi connectivity index (χ4n) is 3.13. The second-order valence-corrected chi connectivity index (χ2v) is 6.16. The highest BCUT2D eigenvalue weighted by Crippen LogP contribution is 2.25. The van der Waals surface area contributed by atoms with Crippen molar-refractivity contribution < 1.29 is 4.79 Å². The van der Waals surface area contributed by atoms with Crippen molar-refractivity contribution >= 4 is 11.6 Å². The van der Waals surface area contributed by atoms with Crippen molar-refractivity contribution in [2.75, 3.05) is 25.5 Å². The highest BCUT2D eigenvalue weighted by atomic mass is 16.2. The summed E-state index contributed by atoms with van der Waals surface area (Å²) in [6.45, 7) is 3.92. The first-order chi connectivity index (χ1) is 10.2. The molecule has 1 saturated carbocycles. The average Bonchev–Trinajstić information content (AvgIpc) is 2.53. The van der Waals surface area contributed by atoms with Gasteiger partial charge in [0.25, 0.3) is 5.91 Å². The fourth-order valence-corrected chi connectivity index (χ4v) is 3.13. The Labute approximate surface area is 128 Å². The lowest BCUT2D eigenvalue weighted by Crippen LogP contribution is -2.33. The van der Waals surface area contributed by atoms with Gasteiger partial charge in [-0.25, -0.2) is 0 Å².